The number of hydrogen-bond acceptors (Lipinski definition) is 3. The number of Topliss-reactive ketones (excluding diaryl/α,β-unsaturated/α-hetero) is 1. The van der Waals surface area contributed by atoms with Crippen LogP contribution in [0.25, 0.3) is 0 Å². The van der Waals surface area contributed by atoms with E-state index in [1.807, 2.05) is 19.9 Å². The van der Waals surface area contributed by atoms with Crippen molar-refractivity contribution in [2.75, 3.05) is 13.2 Å². The zero-order valence-electron chi connectivity index (χ0n) is 11.8. The summed E-state index contributed by atoms with van der Waals surface area (Å²) < 4.78 is 12.2. The highest BCUT2D eigenvalue weighted by Crippen LogP contribution is 2.49. The molecule has 1 aromatic carbocycles. The van der Waals surface area contributed by atoms with Crippen molar-refractivity contribution in [1.82, 2.24) is 0 Å². The molecule has 1 aliphatic rings. The standard InChI is InChI=1S/C15H19BrO3/c1-5-18-11-7-9(16)13-12(14(11)19-6-2)10(17)8-15(13,3)4/h7H,5-6,8H2,1-4H3. The second-order valence-corrected chi connectivity index (χ2v) is 6.14. The van der Waals surface area contributed by atoms with Gasteiger partial charge in [0, 0.05) is 10.9 Å². The van der Waals surface area contributed by atoms with Gasteiger partial charge in [-0.3, -0.25) is 4.79 Å². The highest BCUT2D eigenvalue weighted by Gasteiger charge is 2.41. The van der Waals surface area contributed by atoms with Gasteiger partial charge >= 0.3 is 0 Å². The third kappa shape index (κ3) is 2.38. The minimum Gasteiger partial charge on any atom is -0.490 e. The van der Waals surface area contributed by atoms with Crippen molar-refractivity contribution >= 4 is 21.7 Å². The molecule has 0 unspecified atom stereocenters. The SMILES string of the molecule is CCOc1cc(Br)c2c(c1OCC)C(=O)CC2(C)C. The third-order valence-electron chi connectivity index (χ3n) is 3.34. The molecule has 4 heteroatoms. The van der Waals surface area contributed by atoms with Crippen molar-refractivity contribution in [3.05, 3.63) is 21.7 Å². The Morgan fingerprint density at radius 1 is 1.26 bits per heavy atom. The molecule has 0 radical (unpaired) electrons. The lowest BCUT2D eigenvalue weighted by molar-refractivity contribution is 0.0976. The fourth-order valence-electron chi connectivity index (χ4n) is 2.67. The second kappa shape index (κ2) is 5.16. The number of carbonyl (C=O) groups is 1. The first-order chi connectivity index (χ1) is 8.92. The number of fused-ring (bicyclic) bond motifs is 1. The molecule has 1 aromatic rings. The Morgan fingerprint density at radius 2 is 1.89 bits per heavy atom. The van der Waals surface area contributed by atoms with Crippen LogP contribution in [0.15, 0.2) is 10.5 Å². The minimum atomic E-state index is -0.165. The number of halogens is 1. The molecular formula is C15H19BrO3. The number of hydrogen-bond donors (Lipinski definition) is 0. The van der Waals surface area contributed by atoms with Crippen LogP contribution >= 0.6 is 15.9 Å². The van der Waals surface area contributed by atoms with Crippen LogP contribution in [-0.4, -0.2) is 19.0 Å². The van der Waals surface area contributed by atoms with Gasteiger partial charge in [0.15, 0.2) is 17.3 Å². The smallest absolute Gasteiger partial charge is 0.172 e. The molecule has 0 fully saturated rings. The van der Waals surface area contributed by atoms with Gasteiger partial charge in [-0.25, -0.2) is 0 Å². The lowest BCUT2D eigenvalue weighted by Gasteiger charge is -2.21. The Balaban J connectivity index is 2.70. The first-order valence-corrected chi connectivity index (χ1v) is 7.37. The molecule has 0 saturated heterocycles. The minimum absolute atomic E-state index is 0.130. The van der Waals surface area contributed by atoms with Gasteiger partial charge in [-0.2, -0.15) is 0 Å². The van der Waals surface area contributed by atoms with E-state index in [9.17, 15) is 4.79 Å². The predicted molar refractivity (Wildman–Crippen MR) is 78.5 cm³/mol. The van der Waals surface area contributed by atoms with Gasteiger partial charge in [-0.1, -0.05) is 29.8 Å². The zero-order chi connectivity index (χ0) is 14.2. The topological polar surface area (TPSA) is 35.5 Å². The summed E-state index contributed by atoms with van der Waals surface area (Å²) in [6.45, 7) is 9.05. The number of ether oxygens (including phenoxy) is 2. The average molecular weight is 327 g/mol. The Kier molecular flexibility index (Phi) is 3.90. The molecule has 0 amide bonds. The molecule has 0 saturated carbocycles. The average Bonchev–Trinajstić information content (AvgIpc) is 2.55. The molecule has 1 aliphatic carbocycles. The Hall–Kier alpha value is -1.03. The van der Waals surface area contributed by atoms with E-state index in [2.05, 4.69) is 29.8 Å². The maximum atomic E-state index is 12.3. The van der Waals surface area contributed by atoms with Crippen molar-refractivity contribution in [2.45, 2.75) is 39.5 Å². The quantitative estimate of drug-likeness (QED) is 0.835. The monoisotopic (exact) mass is 326 g/mol. The Bertz CT molecular complexity index is 521. The van der Waals surface area contributed by atoms with E-state index < -0.39 is 0 Å². The van der Waals surface area contributed by atoms with E-state index in [4.69, 9.17) is 9.47 Å². The third-order valence-corrected chi connectivity index (χ3v) is 3.97. The van der Waals surface area contributed by atoms with Crippen LogP contribution < -0.4 is 9.47 Å². The van der Waals surface area contributed by atoms with Crippen LogP contribution in [0.3, 0.4) is 0 Å². The normalized spacial score (nSPS) is 16.4. The second-order valence-electron chi connectivity index (χ2n) is 5.29. The Morgan fingerprint density at radius 3 is 2.47 bits per heavy atom. The van der Waals surface area contributed by atoms with Gasteiger partial charge in [-0.05, 0) is 30.9 Å². The van der Waals surface area contributed by atoms with Gasteiger partial charge in [0.1, 0.15) is 0 Å². The number of rotatable bonds is 4. The van der Waals surface area contributed by atoms with Crippen molar-refractivity contribution in [1.29, 1.82) is 0 Å². The number of carbonyl (C=O) groups excluding carboxylic acids is 1. The summed E-state index contributed by atoms with van der Waals surface area (Å²) >= 11 is 3.57. The van der Waals surface area contributed by atoms with Crippen LogP contribution in [0.1, 0.15) is 50.0 Å². The van der Waals surface area contributed by atoms with Crippen molar-refractivity contribution < 1.29 is 14.3 Å². The largest absolute Gasteiger partial charge is 0.490 e. The summed E-state index contributed by atoms with van der Waals surface area (Å²) in [6, 6.07) is 1.91. The first kappa shape index (κ1) is 14.4. The summed E-state index contributed by atoms with van der Waals surface area (Å²) in [5.74, 6) is 1.37. The van der Waals surface area contributed by atoms with Gasteiger partial charge in [0.2, 0.25) is 0 Å². The lowest BCUT2D eigenvalue weighted by atomic mass is 9.86. The van der Waals surface area contributed by atoms with Crippen LogP contribution in [0, 0.1) is 0 Å². The molecule has 0 aliphatic heterocycles. The summed E-state index contributed by atoms with van der Waals surface area (Å²) in [7, 11) is 0. The summed E-state index contributed by atoms with van der Waals surface area (Å²) in [4.78, 5) is 12.3. The molecule has 19 heavy (non-hydrogen) atoms. The summed E-state index contributed by atoms with van der Waals surface area (Å²) in [6.07, 6.45) is 0.511. The molecule has 0 atom stereocenters. The maximum Gasteiger partial charge on any atom is 0.172 e. The molecule has 0 heterocycles. The van der Waals surface area contributed by atoms with Crippen LogP contribution in [0.2, 0.25) is 0 Å². The predicted octanol–water partition coefficient (Wildman–Crippen LogP) is 4.11. The number of benzene rings is 1. The fraction of sp³-hybridized carbons (Fsp3) is 0.533. The molecular weight excluding hydrogens is 308 g/mol. The molecule has 2 rings (SSSR count). The highest BCUT2D eigenvalue weighted by molar-refractivity contribution is 9.10. The van der Waals surface area contributed by atoms with E-state index in [0.29, 0.717) is 36.7 Å². The van der Waals surface area contributed by atoms with Gasteiger partial charge in [0.05, 0.1) is 18.8 Å². The van der Waals surface area contributed by atoms with E-state index in [0.717, 1.165) is 10.0 Å². The summed E-state index contributed by atoms with van der Waals surface area (Å²) in [5, 5.41) is 0. The summed E-state index contributed by atoms with van der Waals surface area (Å²) in [5.41, 5.74) is 1.55. The van der Waals surface area contributed by atoms with Crippen molar-refractivity contribution in [2.24, 2.45) is 0 Å². The van der Waals surface area contributed by atoms with Gasteiger partial charge < -0.3 is 9.47 Å². The van der Waals surface area contributed by atoms with E-state index in [-0.39, 0.29) is 11.2 Å². The van der Waals surface area contributed by atoms with Gasteiger partial charge in [-0.15, -0.1) is 0 Å². The molecule has 0 spiro atoms. The lowest BCUT2D eigenvalue weighted by Crippen LogP contribution is -2.13. The zero-order valence-corrected chi connectivity index (χ0v) is 13.4. The highest BCUT2D eigenvalue weighted by atomic mass is 79.9. The van der Waals surface area contributed by atoms with E-state index in [1.165, 1.54) is 0 Å². The molecule has 0 aromatic heterocycles. The van der Waals surface area contributed by atoms with Gasteiger partial charge in [0.25, 0.3) is 0 Å². The van der Waals surface area contributed by atoms with E-state index >= 15 is 0 Å². The molecule has 104 valence electrons. The van der Waals surface area contributed by atoms with Crippen molar-refractivity contribution in [3.63, 3.8) is 0 Å². The van der Waals surface area contributed by atoms with Crippen molar-refractivity contribution in [3.8, 4) is 11.5 Å². The first-order valence-electron chi connectivity index (χ1n) is 6.58. The number of ketones is 1. The molecule has 0 bridgehead atoms. The molecule has 0 N–H and O–H groups in total. The van der Waals surface area contributed by atoms with Crippen LogP contribution in [-0.2, 0) is 5.41 Å². The fourth-order valence-corrected chi connectivity index (χ4v) is 3.61. The molecule has 3 nitrogen and oxygen atoms in total. The van der Waals surface area contributed by atoms with E-state index in [1.54, 1.807) is 0 Å². The van der Waals surface area contributed by atoms with Crippen LogP contribution in [0.4, 0.5) is 0 Å². The Labute approximate surface area is 122 Å². The maximum absolute atomic E-state index is 12.3. The van der Waals surface area contributed by atoms with Crippen LogP contribution in [0.5, 0.6) is 11.5 Å².